The van der Waals surface area contributed by atoms with Crippen LogP contribution in [0.15, 0.2) is 12.2 Å². The Balaban J connectivity index is 3.26. The molecule has 2 nitrogen and oxygen atoms in total. The van der Waals surface area contributed by atoms with E-state index in [0.29, 0.717) is 12.8 Å². The van der Waals surface area contributed by atoms with Crippen molar-refractivity contribution in [2.75, 3.05) is 7.11 Å². The van der Waals surface area contributed by atoms with E-state index in [9.17, 15) is 4.79 Å². The number of esters is 1. The van der Waals surface area contributed by atoms with Gasteiger partial charge in [0, 0.05) is 12.8 Å². The molecule has 0 aromatic heterocycles. The van der Waals surface area contributed by atoms with Gasteiger partial charge in [-0.15, -0.1) is 11.8 Å². The summed E-state index contributed by atoms with van der Waals surface area (Å²) in [6, 6.07) is 0. The predicted octanol–water partition coefficient (Wildman–Crippen LogP) is 5.42. The Hall–Kier alpha value is -1.23. The zero-order valence-corrected chi connectivity index (χ0v) is 14.0. The van der Waals surface area contributed by atoms with Crippen molar-refractivity contribution in [1.29, 1.82) is 0 Å². The summed E-state index contributed by atoms with van der Waals surface area (Å²) in [5.74, 6) is 5.91. The van der Waals surface area contributed by atoms with Gasteiger partial charge >= 0.3 is 5.97 Å². The van der Waals surface area contributed by atoms with Gasteiger partial charge in [0.05, 0.1) is 13.5 Å². The lowest BCUT2D eigenvalue weighted by Gasteiger charge is -1.98. The zero-order chi connectivity index (χ0) is 15.6. The van der Waals surface area contributed by atoms with E-state index in [1.54, 1.807) is 0 Å². The molecule has 0 aliphatic rings. The van der Waals surface area contributed by atoms with Crippen LogP contribution < -0.4 is 0 Å². The molecular weight excluding hydrogens is 260 g/mol. The molecule has 0 aliphatic carbocycles. The molecule has 0 atom stereocenters. The number of hydrogen-bond donors (Lipinski definition) is 0. The van der Waals surface area contributed by atoms with Crippen molar-refractivity contribution in [1.82, 2.24) is 0 Å². The highest BCUT2D eigenvalue weighted by atomic mass is 16.5. The first-order valence-electron chi connectivity index (χ1n) is 8.48. The molecule has 0 bridgehead atoms. The second-order valence-corrected chi connectivity index (χ2v) is 5.35. The number of unbranched alkanes of at least 4 members (excludes halogenated alkanes) is 8. The first kappa shape index (κ1) is 19.8. The Labute approximate surface area is 131 Å². The van der Waals surface area contributed by atoms with Gasteiger partial charge < -0.3 is 4.74 Å². The van der Waals surface area contributed by atoms with Crippen molar-refractivity contribution in [3.63, 3.8) is 0 Å². The molecule has 0 aromatic carbocycles. The number of ether oxygens (including phenoxy) is 1. The van der Waals surface area contributed by atoms with Gasteiger partial charge in [0.25, 0.3) is 0 Å². The molecule has 0 saturated heterocycles. The largest absolute Gasteiger partial charge is 0.469 e. The van der Waals surface area contributed by atoms with Gasteiger partial charge in [-0.25, -0.2) is 0 Å². The lowest BCUT2D eigenvalue weighted by molar-refractivity contribution is -0.140. The fourth-order valence-corrected chi connectivity index (χ4v) is 2.05. The Morgan fingerprint density at radius 1 is 0.905 bits per heavy atom. The highest BCUT2D eigenvalue weighted by Gasteiger charge is 1.95. The standard InChI is InChI=1S/C19H32O2/c1-3-4-5-6-7-8-9-10-11-12-13-14-15-16-17-18-19(20)21-2/h11-12H,3-10,13-14,17-18H2,1-2H3/b12-11-. The van der Waals surface area contributed by atoms with E-state index < -0.39 is 0 Å². The van der Waals surface area contributed by atoms with Crippen LogP contribution >= 0.6 is 0 Å². The van der Waals surface area contributed by atoms with Crippen LogP contribution in [0.2, 0.25) is 0 Å². The normalized spacial score (nSPS) is 10.4. The highest BCUT2D eigenvalue weighted by molar-refractivity contribution is 5.69. The number of allylic oxidation sites excluding steroid dienone is 2. The Bertz CT molecular complexity index is 320. The predicted molar refractivity (Wildman–Crippen MR) is 90.0 cm³/mol. The topological polar surface area (TPSA) is 26.3 Å². The van der Waals surface area contributed by atoms with Crippen LogP contribution in [-0.4, -0.2) is 13.1 Å². The van der Waals surface area contributed by atoms with E-state index in [1.165, 1.54) is 58.5 Å². The minimum absolute atomic E-state index is 0.182. The Morgan fingerprint density at radius 2 is 1.52 bits per heavy atom. The van der Waals surface area contributed by atoms with E-state index >= 15 is 0 Å². The first-order chi connectivity index (χ1) is 10.3. The van der Waals surface area contributed by atoms with Crippen LogP contribution in [0.1, 0.15) is 84.0 Å². The Morgan fingerprint density at radius 3 is 2.24 bits per heavy atom. The summed E-state index contributed by atoms with van der Waals surface area (Å²) in [6.45, 7) is 2.26. The number of rotatable bonds is 12. The van der Waals surface area contributed by atoms with Crippen molar-refractivity contribution in [2.45, 2.75) is 84.0 Å². The van der Waals surface area contributed by atoms with Crippen LogP contribution in [0.4, 0.5) is 0 Å². The molecule has 0 spiro atoms. The van der Waals surface area contributed by atoms with Crippen LogP contribution in [-0.2, 0) is 9.53 Å². The molecule has 0 N–H and O–H groups in total. The zero-order valence-electron chi connectivity index (χ0n) is 14.0. The van der Waals surface area contributed by atoms with Gasteiger partial charge in [-0.05, 0) is 19.3 Å². The van der Waals surface area contributed by atoms with Gasteiger partial charge in [0.2, 0.25) is 0 Å². The Kier molecular flexibility index (Phi) is 15.8. The second kappa shape index (κ2) is 16.8. The molecule has 0 amide bonds. The van der Waals surface area contributed by atoms with Crippen molar-refractivity contribution in [2.24, 2.45) is 0 Å². The maximum Gasteiger partial charge on any atom is 0.306 e. The van der Waals surface area contributed by atoms with Crippen molar-refractivity contribution < 1.29 is 9.53 Å². The molecule has 0 aliphatic heterocycles. The van der Waals surface area contributed by atoms with Gasteiger partial charge in [-0.1, -0.05) is 57.6 Å². The third kappa shape index (κ3) is 16.7. The summed E-state index contributed by atoms with van der Waals surface area (Å²) in [5.41, 5.74) is 0. The smallest absolute Gasteiger partial charge is 0.306 e. The first-order valence-corrected chi connectivity index (χ1v) is 8.48. The molecule has 2 heteroatoms. The summed E-state index contributed by atoms with van der Waals surface area (Å²) in [7, 11) is 1.41. The second-order valence-electron chi connectivity index (χ2n) is 5.35. The average molecular weight is 292 g/mol. The highest BCUT2D eigenvalue weighted by Crippen LogP contribution is 2.08. The number of methoxy groups -OCH3 is 1. The molecule has 120 valence electrons. The van der Waals surface area contributed by atoms with E-state index in [-0.39, 0.29) is 5.97 Å². The summed E-state index contributed by atoms with van der Waals surface area (Å²) in [5, 5.41) is 0. The van der Waals surface area contributed by atoms with Gasteiger partial charge in [0.1, 0.15) is 0 Å². The van der Waals surface area contributed by atoms with Crippen molar-refractivity contribution in [3.8, 4) is 11.8 Å². The molecule has 0 saturated carbocycles. The van der Waals surface area contributed by atoms with Gasteiger partial charge in [0.15, 0.2) is 0 Å². The minimum Gasteiger partial charge on any atom is -0.469 e. The maximum absolute atomic E-state index is 10.8. The molecule has 0 heterocycles. The van der Waals surface area contributed by atoms with Crippen molar-refractivity contribution >= 4 is 5.97 Å². The molecule has 0 rings (SSSR count). The summed E-state index contributed by atoms with van der Waals surface area (Å²) < 4.78 is 4.55. The van der Waals surface area contributed by atoms with E-state index in [1.807, 2.05) is 0 Å². The molecule has 0 unspecified atom stereocenters. The lowest BCUT2D eigenvalue weighted by Crippen LogP contribution is -1.98. The van der Waals surface area contributed by atoms with Crippen LogP contribution in [0.3, 0.4) is 0 Å². The van der Waals surface area contributed by atoms with Gasteiger partial charge in [-0.2, -0.15) is 0 Å². The molecule has 0 aromatic rings. The quantitative estimate of drug-likeness (QED) is 0.208. The van der Waals surface area contributed by atoms with Crippen molar-refractivity contribution in [3.05, 3.63) is 12.2 Å². The van der Waals surface area contributed by atoms with Crippen LogP contribution in [0.5, 0.6) is 0 Å². The monoisotopic (exact) mass is 292 g/mol. The van der Waals surface area contributed by atoms with Crippen LogP contribution in [0.25, 0.3) is 0 Å². The molecule has 0 radical (unpaired) electrons. The summed E-state index contributed by atoms with van der Waals surface area (Å²) in [4.78, 5) is 10.8. The van der Waals surface area contributed by atoms with E-state index in [4.69, 9.17) is 0 Å². The van der Waals surface area contributed by atoms with E-state index in [2.05, 4.69) is 35.7 Å². The molecular formula is C19H32O2. The van der Waals surface area contributed by atoms with Crippen LogP contribution in [0, 0.1) is 11.8 Å². The molecule has 0 fully saturated rings. The fourth-order valence-electron chi connectivity index (χ4n) is 2.05. The lowest BCUT2D eigenvalue weighted by atomic mass is 10.1. The van der Waals surface area contributed by atoms with E-state index in [0.717, 1.165) is 12.8 Å². The maximum atomic E-state index is 10.8. The molecule has 21 heavy (non-hydrogen) atoms. The SMILES string of the molecule is CCCCCCCCC/C=C\CCC#CCCC(=O)OC. The average Bonchev–Trinajstić information content (AvgIpc) is 2.50. The number of carbonyl (C=O) groups excluding carboxylic acids is 1. The summed E-state index contributed by atoms with van der Waals surface area (Å²) in [6.07, 6.45) is 18.2. The van der Waals surface area contributed by atoms with Gasteiger partial charge in [-0.3, -0.25) is 4.79 Å². The third-order valence-corrected chi connectivity index (χ3v) is 3.38. The number of carbonyl (C=O) groups is 1. The minimum atomic E-state index is -0.182. The summed E-state index contributed by atoms with van der Waals surface area (Å²) >= 11 is 0. The fraction of sp³-hybridized carbons (Fsp3) is 0.737. The third-order valence-electron chi connectivity index (χ3n) is 3.38. The number of hydrogen-bond acceptors (Lipinski definition) is 2.